The molecule has 7 nitrogen and oxygen atoms in total. The standard InChI is InChI=1S/C25H26BrNO6/c1-18-15-21(8-9-24(18)33-17-25(29)30)32-16-23(28)22(19-4-6-20(26)7-5-19)3-2-10-27-11-13-31-14-12-27/h4-9,15,22H,10-14,16-17H2,1H3,(H,29,30). The first-order valence-corrected chi connectivity index (χ1v) is 11.4. The Bertz CT molecular complexity index is 1020. The van der Waals surface area contributed by atoms with E-state index in [1.807, 2.05) is 24.3 Å². The lowest BCUT2D eigenvalue weighted by molar-refractivity contribution is -0.139. The molecule has 0 amide bonds. The van der Waals surface area contributed by atoms with Gasteiger partial charge >= 0.3 is 5.97 Å². The maximum absolute atomic E-state index is 13.1. The van der Waals surface area contributed by atoms with E-state index in [1.165, 1.54) is 0 Å². The van der Waals surface area contributed by atoms with Crippen molar-refractivity contribution >= 4 is 27.7 Å². The van der Waals surface area contributed by atoms with Gasteiger partial charge in [0.15, 0.2) is 12.4 Å². The van der Waals surface area contributed by atoms with Crippen molar-refractivity contribution in [1.29, 1.82) is 0 Å². The number of Topliss-reactive ketones (excluding diaryl/α,β-unsaturated/α-hetero) is 1. The minimum atomic E-state index is -1.05. The first-order chi connectivity index (χ1) is 15.9. The molecule has 8 heteroatoms. The minimum absolute atomic E-state index is 0.137. The second kappa shape index (κ2) is 12.4. The van der Waals surface area contributed by atoms with E-state index in [0.29, 0.717) is 31.3 Å². The summed E-state index contributed by atoms with van der Waals surface area (Å²) < 4.78 is 17.2. The number of ether oxygens (including phenoxy) is 3. The van der Waals surface area contributed by atoms with E-state index in [9.17, 15) is 9.59 Å². The number of carbonyl (C=O) groups is 2. The number of carboxylic acids is 1. The number of aryl methyl sites for hydroxylation is 1. The van der Waals surface area contributed by atoms with Crippen LogP contribution in [0.3, 0.4) is 0 Å². The van der Waals surface area contributed by atoms with Gasteiger partial charge in [-0.1, -0.05) is 39.9 Å². The number of carboxylic acid groups (broad SMARTS) is 1. The Morgan fingerprint density at radius 1 is 1.12 bits per heavy atom. The molecule has 33 heavy (non-hydrogen) atoms. The van der Waals surface area contributed by atoms with Crippen LogP contribution >= 0.6 is 15.9 Å². The van der Waals surface area contributed by atoms with Gasteiger partial charge in [0.25, 0.3) is 0 Å². The monoisotopic (exact) mass is 515 g/mol. The smallest absolute Gasteiger partial charge is 0.341 e. The first kappa shape index (κ1) is 24.8. The molecule has 0 saturated carbocycles. The predicted molar refractivity (Wildman–Crippen MR) is 127 cm³/mol. The Balaban J connectivity index is 1.66. The molecule has 0 radical (unpaired) electrons. The maximum atomic E-state index is 13.1. The highest BCUT2D eigenvalue weighted by Crippen LogP contribution is 2.24. The Morgan fingerprint density at radius 3 is 2.52 bits per heavy atom. The molecule has 1 unspecified atom stereocenters. The molecular formula is C25H26BrNO6. The van der Waals surface area contributed by atoms with Crippen LogP contribution in [-0.2, 0) is 14.3 Å². The van der Waals surface area contributed by atoms with E-state index in [2.05, 4.69) is 32.7 Å². The fourth-order valence-electron chi connectivity index (χ4n) is 3.27. The summed E-state index contributed by atoms with van der Waals surface area (Å²) in [5.74, 6) is 5.46. The minimum Gasteiger partial charge on any atom is -0.486 e. The number of hydrogen-bond donors (Lipinski definition) is 1. The molecule has 1 fully saturated rings. The summed E-state index contributed by atoms with van der Waals surface area (Å²) in [6.45, 7) is 4.88. The van der Waals surface area contributed by atoms with Crippen molar-refractivity contribution in [3.8, 4) is 23.3 Å². The van der Waals surface area contributed by atoms with Gasteiger partial charge in [0.1, 0.15) is 24.0 Å². The molecule has 1 aliphatic heterocycles. The molecule has 2 aromatic rings. The van der Waals surface area contributed by atoms with Crippen LogP contribution in [0.15, 0.2) is 46.9 Å². The number of nitrogens with zero attached hydrogens (tertiary/aromatic N) is 1. The third kappa shape index (κ3) is 7.90. The van der Waals surface area contributed by atoms with Crippen molar-refractivity contribution in [1.82, 2.24) is 4.90 Å². The van der Waals surface area contributed by atoms with Gasteiger partial charge < -0.3 is 19.3 Å². The average Bonchev–Trinajstić information content (AvgIpc) is 2.81. The number of halogens is 1. The number of aliphatic carboxylic acids is 1. The maximum Gasteiger partial charge on any atom is 0.341 e. The summed E-state index contributed by atoms with van der Waals surface area (Å²) in [7, 11) is 0. The molecule has 1 saturated heterocycles. The van der Waals surface area contributed by atoms with Crippen molar-refractivity contribution in [2.24, 2.45) is 0 Å². The van der Waals surface area contributed by atoms with Crippen molar-refractivity contribution in [3.05, 3.63) is 58.1 Å². The number of ketones is 1. The average molecular weight is 516 g/mol. The number of benzene rings is 2. The summed E-state index contributed by atoms with van der Waals surface area (Å²) in [5.41, 5.74) is 1.53. The van der Waals surface area contributed by atoms with E-state index in [1.54, 1.807) is 25.1 Å². The lowest BCUT2D eigenvalue weighted by Crippen LogP contribution is -2.36. The molecule has 1 atom stereocenters. The summed E-state index contributed by atoms with van der Waals surface area (Å²) in [6.07, 6.45) is 0. The zero-order chi connectivity index (χ0) is 23.6. The summed E-state index contributed by atoms with van der Waals surface area (Å²) >= 11 is 3.42. The number of rotatable bonds is 9. The normalized spacial score (nSPS) is 14.6. The molecule has 3 rings (SSSR count). The predicted octanol–water partition coefficient (Wildman–Crippen LogP) is 3.29. The number of hydrogen-bond acceptors (Lipinski definition) is 6. The zero-order valence-electron chi connectivity index (χ0n) is 18.4. The van der Waals surface area contributed by atoms with Crippen molar-refractivity contribution in [3.63, 3.8) is 0 Å². The number of carbonyl (C=O) groups excluding carboxylic acids is 1. The van der Waals surface area contributed by atoms with Gasteiger partial charge in [0, 0.05) is 17.6 Å². The van der Waals surface area contributed by atoms with Gasteiger partial charge in [-0.15, -0.1) is 0 Å². The molecule has 0 aliphatic carbocycles. The lowest BCUT2D eigenvalue weighted by atomic mass is 9.95. The molecule has 1 N–H and O–H groups in total. The van der Waals surface area contributed by atoms with Gasteiger partial charge in [-0.3, -0.25) is 9.69 Å². The van der Waals surface area contributed by atoms with Gasteiger partial charge in [0.05, 0.1) is 19.8 Å². The van der Waals surface area contributed by atoms with Crippen LogP contribution in [0.25, 0.3) is 0 Å². The van der Waals surface area contributed by atoms with E-state index in [-0.39, 0.29) is 12.4 Å². The molecule has 0 spiro atoms. The molecule has 1 heterocycles. The zero-order valence-corrected chi connectivity index (χ0v) is 20.0. The first-order valence-electron chi connectivity index (χ1n) is 10.6. The molecule has 0 aromatic heterocycles. The topological polar surface area (TPSA) is 85.3 Å². The van der Waals surface area contributed by atoms with Crippen LogP contribution in [0.2, 0.25) is 0 Å². The van der Waals surface area contributed by atoms with E-state index >= 15 is 0 Å². The third-order valence-electron chi connectivity index (χ3n) is 5.06. The highest BCUT2D eigenvalue weighted by molar-refractivity contribution is 9.10. The molecule has 174 valence electrons. The van der Waals surface area contributed by atoms with Crippen molar-refractivity contribution in [2.45, 2.75) is 12.8 Å². The second-order valence-corrected chi connectivity index (χ2v) is 8.47. The van der Waals surface area contributed by atoms with E-state index < -0.39 is 18.5 Å². The molecule has 0 bridgehead atoms. The molecular weight excluding hydrogens is 490 g/mol. The largest absolute Gasteiger partial charge is 0.486 e. The fraction of sp³-hybridized carbons (Fsp3) is 0.360. The van der Waals surface area contributed by atoms with Crippen molar-refractivity contribution in [2.75, 3.05) is 46.1 Å². The van der Waals surface area contributed by atoms with Crippen molar-refractivity contribution < 1.29 is 28.9 Å². The van der Waals surface area contributed by atoms with Crippen LogP contribution in [0.1, 0.15) is 17.0 Å². The summed E-state index contributed by atoms with van der Waals surface area (Å²) in [6, 6.07) is 12.5. The van der Waals surface area contributed by atoms with Gasteiger partial charge in [-0.25, -0.2) is 4.79 Å². The van der Waals surface area contributed by atoms with Gasteiger partial charge in [0.2, 0.25) is 0 Å². The Labute approximate surface area is 201 Å². The Kier molecular flexibility index (Phi) is 9.31. The summed E-state index contributed by atoms with van der Waals surface area (Å²) in [4.78, 5) is 25.9. The Morgan fingerprint density at radius 2 is 1.85 bits per heavy atom. The third-order valence-corrected chi connectivity index (χ3v) is 5.59. The highest BCUT2D eigenvalue weighted by atomic mass is 79.9. The number of morpholine rings is 1. The Hall–Kier alpha value is -2.86. The van der Waals surface area contributed by atoms with Crippen LogP contribution in [0.5, 0.6) is 11.5 Å². The van der Waals surface area contributed by atoms with E-state index in [4.69, 9.17) is 19.3 Å². The van der Waals surface area contributed by atoms with Crippen LogP contribution in [0, 0.1) is 18.8 Å². The summed E-state index contributed by atoms with van der Waals surface area (Å²) in [5, 5.41) is 8.75. The van der Waals surface area contributed by atoms with Gasteiger partial charge in [-0.2, -0.15) is 0 Å². The molecule has 2 aromatic carbocycles. The quantitative estimate of drug-likeness (QED) is 0.512. The SMILES string of the molecule is Cc1cc(OCC(=O)C(C#CCN2CCOCC2)c2ccc(Br)cc2)ccc1OCC(=O)O. The highest BCUT2D eigenvalue weighted by Gasteiger charge is 2.19. The van der Waals surface area contributed by atoms with Crippen LogP contribution < -0.4 is 9.47 Å². The lowest BCUT2D eigenvalue weighted by Gasteiger charge is -2.24. The second-order valence-electron chi connectivity index (χ2n) is 7.56. The van der Waals surface area contributed by atoms with Crippen LogP contribution in [-0.4, -0.2) is 67.8 Å². The van der Waals surface area contributed by atoms with Crippen LogP contribution in [0.4, 0.5) is 0 Å². The van der Waals surface area contributed by atoms with Gasteiger partial charge in [-0.05, 0) is 48.4 Å². The van der Waals surface area contributed by atoms with E-state index in [0.717, 1.165) is 28.7 Å². The molecule has 1 aliphatic rings. The fourth-order valence-corrected chi connectivity index (χ4v) is 3.54.